The minimum Gasteiger partial charge on any atom is -0.331 e. The lowest BCUT2D eigenvalue weighted by Crippen LogP contribution is -2.24. The zero-order valence-corrected chi connectivity index (χ0v) is 17.8. The van der Waals surface area contributed by atoms with Gasteiger partial charge in [-0.3, -0.25) is 10.1 Å². The number of aromatic nitrogens is 2. The first kappa shape index (κ1) is 24.0. The first-order valence-corrected chi connectivity index (χ1v) is 10.1. The molecule has 6 N–H and O–H groups in total. The normalized spacial score (nSPS) is 10.8. The van der Waals surface area contributed by atoms with E-state index in [0.29, 0.717) is 30.8 Å². The van der Waals surface area contributed by atoms with Gasteiger partial charge in [0.1, 0.15) is 17.5 Å². The van der Waals surface area contributed by atoms with Crippen LogP contribution in [0.5, 0.6) is 0 Å². The van der Waals surface area contributed by atoms with Crippen LogP contribution >= 0.6 is 0 Å². The number of nitrogens with two attached hydrogens (primary N) is 1. The fraction of sp³-hybridized carbons (Fsp3) is 0.227. The maximum absolute atomic E-state index is 14.4. The Labute approximate surface area is 187 Å². The van der Waals surface area contributed by atoms with Gasteiger partial charge in [0, 0.05) is 24.4 Å². The molecule has 2 aromatic carbocycles. The van der Waals surface area contributed by atoms with E-state index in [-0.39, 0.29) is 22.8 Å². The zero-order chi connectivity index (χ0) is 24.0. The third kappa shape index (κ3) is 6.18. The van der Waals surface area contributed by atoms with Crippen molar-refractivity contribution in [2.45, 2.75) is 19.9 Å². The molecule has 11 heteroatoms. The van der Waals surface area contributed by atoms with Gasteiger partial charge in [-0.2, -0.15) is 4.98 Å². The molecule has 0 aliphatic heterocycles. The molecule has 1 heterocycles. The third-order valence-electron chi connectivity index (χ3n) is 4.76. The molecule has 0 saturated carbocycles. The Morgan fingerprint density at radius 3 is 2.58 bits per heavy atom. The summed E-state index contributed by atoms with van der Waals surface area (Å²) in [6, 6.07) is 5.22. The highest BCUT2D eigenvalue weighted by molar-refractivity contribution is 5.98. The van der Waals surface area contributed by atoms with E-state index in [2.05, 4.69) is 25.9 Å². The van der Waals surface area contributed by atoms with Crippen molar-refractivity contribution in [2.24, 2.45) is 5.73 Å². The van der Waals surface area contributed by atoms with Gasteiger partial charge in [0.25, 0.3) is 5.56 Å². The minimum atomic E-state index is -0.939. The third-order valence-corrected chi connectivity index (χ3v) is 4.76. The molecule has 8 nitrogen and oxygen atoms in total. The van der Waals surface area contributed by atoms with Crippen molar-refractivity contribution in [2.75, 3.05) is 23.7 Å². The number of urea groups is 1. The van der Waals surface area contributed by atoms with Crippen LogP contribution in [-0.4, -0.2) is 29.1 Å². The topological polar surface area (TPSA) is 125 Å². The molecule has 3 rings (SSSR count). The molecule has 0 bridgehead atoms. The highest BCUT2D eigenvalue weighted by Crippen LogP contribution is 2.20. The van der Waals surface area contributed by atoms with E-state index in [1.165, 1.54) is 19.2 Å². The highest BCUT2D eigenvalue weighted by atomic mass is 19.1. The van der Waals surface area contributed by atoms with Crippen LogP contribution in [0, 0.1) is 24.4 Å². The Morgan fingerprint density at radius 1 is 1.09 bits per heavy atom. The molecule has 0 unspecified atom stereocenters. The summed E-state index contributed by atoms with van der Waals surface area (Å²) in [5.41, 5.74) is 5.25. The van der Waals surface area contributed by atoms with Gasteiger partial charge in [0.15, 0.2) is 0 Å². The molecule has 0 aliphatic carbocycles. The number of nitrogens with one attached hydrogen (secondary N) is 4. The maximum Gasteiger partial charge on any atom is 0.326 e. The van der Waals surface area contributed by atoms with E-state index in [4.69, 9.17) is 5.73 Å². The van der Waals surface area contributed by atoms with Crippen molar-refractivity contribution in [3.8, 4) is 11.1 Å². The van der Waals surface area contributed by atoms with Gasteiger partial charge < -0.3 is 21.4 Å². The molecular weight excluding hydrogens is 437 g/mol. The van der Waals surface area contributed by atoms with Crippen molar-refractivity contribution in [3.05, 3.63) is 75.5 Å². The molecule has 3 aromatic rings. The predicted octanol–water partition coefficient (Wildman–Crippen LogP) is 3.25. The number of nitrogens with zero attached hydrogens (tertiary/aromatic N) is 1. The van der Waals surface area contributed by atoms with E-state index >= 15 is 0 Å². The summed E-state index contributed by atoms with van der Waals surface area (Å²) >= 11 is 0. The number of anilines is 2. The lowest BCUT2D eigenvalue weighted by atomic mass is 10.1. The first-order chi connectivity index (χ1) is 15.8. The van der Waals surface area contributed by atoms with Gasteiger partial charge in [-0.25, -0.2) is 18.0 Å². The van der Waals surface area contributed by atoms with Crippen LogP contribution in [0.1, 0.15) is 17.5 Å². The SMILES string of the molecule is Cc1cc(F)c(NC(=O)Nc2nc(=O)c(-c3ccc(CNCCCN)c(F)c3)c[nH]2)cc1F. The number of aromatic amines is 1. The van der Waals surface area contributed by atoms with Crippen molar-refractivity contribution >= 4 is 17.7 Å². The van der Waals surface area contributed by atoms with Crippen LogP contribution in [0.25, 0.3) is 11.1 Å². The number of hydrogen-bond acceptors (Lipinski definition) is 5. The summed E-state index contributed by atoms with van der Waals surface area (Å²) in [6.45, 7) is 2.91. The molecule has 0 fully saturated rings. The summed E-state index contributed by atoms with van der Waals surface area (Å²) in [6.07, 6.45) is 2.04. The lowest BCUT2D eigenvalue weighted by molar-refractivity contribution is 0.262. The van der Waals surface area contributed by atoms with Gasteiger partial charge in [-0.05, 0) is 49.7 Å². The van der Waals surface area contributed by atoms with E-state index < -0.39 is 29.0 Å². The number of hydrogen-bond donors (Lipinski definition) is 5. The van der Waals surface area contributed by atoms with Crippen molar-refractivity contribution in [3.63, 3.8) is 0 Å². The molecule has 0 radical (unpaired) electrons. The number of H-pyrrole nitrogens is 1. The molecule has 1 aromatic heterocycles. The Hall–Kier alpha value is -3.70. The monoisotopic (exact) mass is 460 g/mol. The molecule has 0 saturated heterocycles. The number of carbonyl (C=O) groups is 1. The van der Waals surface area contributed by atoms with Crippen molar-refractivity contribution in [1.82, 2.24) is 15.3 Å². The van der Waals surface area contributed by atoms with Gasteiger partial charge in [-0.1, -0.05) is 12.1 Å². The average Bonchev–Trinajstić information content (AvgIpc) is 2.76. The zero-order valence-electron chi connectivity index (χ0n) is 17.8. The predicted molar refractivity (Wildman–Crippen MR) is 119 cm³/mol. The molecule has 33 heavy (non-hydrogen) atoms. The second-order valence-electron chi connectivity index (χ2n) is 7.25. The molecular formula is C22H23F3N6O2. The van der Waals surface area contributed by atoms with E-state index in [9.17, 15) is 22.8 Å². The van der Waals surface area contributed by atoms with E-state index in [0.717, 1.165) is 18.6 Å². The summed E-state index contributed by atoms with van der Waals surface area (Å²) < 4.78 is 41.9. The molecule has 2 amide bonds. The summed E-state index contributed by atoms with van der Waals surface area (Å²) in [4.78, 5) is 30.8. The number of aryl methyl sites for hydroxylation is 1. The van der Waals surface area contributed by atoms with Gasteiger partial charge in [0.05, 0.1) is 11.3 Å². The summed E-state index contributed by atoms with van der Waals surface area (Å²) in [7, 11) is 0. The minimum absolute atomic E-state index is 0.0902. The lowest BCUT2D eigenvalue weighted by Gasteiger charge is -2.10. The van der Waals surface area contributed by atoms with Gasteiger partial charge in [-0.15, -0.1) is 0 Å². The molecule has 174 valence electrons. The van der Waals surface area contributed by atoms with Crippen LogP contribution in [0.3, 0.4) is 0 Å². The fourth-order valence-corrected chi connectivity index (χ4v) is 2.98. The van der Waals surface area contributed by atoms with Crippen LogP contribution < -0.4 is 27.2 Å². The quantitative estimate of drug-likeness (QED) is 0.330. The van der Waals surface area contributed by atoms with Crippen LogP contribution in [0.15, 0.2) is 41.3 Å². The van der Waals surface area contributed by atoms with Crippen molar-refractivity contribution in [1.29, 1.82) is 0 Å². The van der Waals surface area contributed by atoms with Crippen LogP contribution in [0.4, 0.5) is 29.6 Å². The Kier molecular flexibility index (Phi) is 7.80. The second kappa shape index (κ2) is 10.7. The van der Waals surface area contributed by atoms with Gasteiger partial charge >= 0.3 is 6.03 Å². The number of amides is 2. The van der Waals surface area contributed by atoms with Crippen LogP contribution in [-0.2, 0) is 6.54 Å². The number of halogens is 3. The Morgan fingerprint density at radius 2 is 1.88 bits per heavy atom. The van der Waals surface area contributed by atoms with Crippen LogP contribution in [0.2, 0.25) is 0 Å². The first-order valence-electron chi connectivity index (χ1n) is 10.1. The average molecular weight is 460 g/mol. The molecule has 0 spiro atoms. The van der Waals surface area contributed by atoms with Gasteiger partial charge in [0.2, 0.25) is 5.95 Å². The number of benzene rings is 2. The molecule has 0 aliphatic rings. The van der Waals surface area contributed by atoms with E-state index in [1.54, 1.807) is 12.1 Å². The maximum atomic E-state index is 14.4. The van der Waals surface area contributed by atoms with Crippen molar-refractivity contribution < 1.29 is 18.0 Å². The smallest absolute Gasteiger partial charge is 0.326 e. The highest BCUT2D eigenvalue weighted by Gasteiger charge is 2.13. The second-order valence-corrected chi connectivity index (χ2v) is 7.25. The summed E-state index contributed by atoms with van der Waals surface area (Å²) in [5, 5.41) is 7.44. The van der Waals surface area contributed by atoms with E-state index in [1.807, 2.05) is 0 Å². The standard InChI is InChI=1S/C22H23F3N6O2/c1-12-7-18(25)19(9-16(12)23)29-22(33)31-21-28-11-15(20(32)30-21)13-3-4-14(17(24)8-13)10-27-6-2-5-26/h3-4,7-9,11,27H,2,5-6,10,26H2,1H3,(H3,28,29,30,31,32,33). The summed E-state index contributed by atoms with van der Waals surface area (Å²) in [5.74, 6) is -2.22. The number of rotatable bonds is 8. The Balaban J connectivity index is 1.68. The Bertz CT molecular complexity index is 1220. The number of carbonyl (C=O) groups excluding carboxylic acids is 1. The molecule has 0 atom stereocenters. The largest absolute Gasteiger partial charge is 0.331 e. The fourth-order valence-electron chi connectivity index (χ4n) is 2.98.